The zero-order chi connectivity index (χ0) is 18.0. The molecule has 132 valence electrons. The molecular weight excluding hydrogens is 318 g/mol. The smallest absolute Gasteiger partial charge is 0.287 e. The molecule has 0 fully saturated rings. The lowest BCUT2D eigenvalue weighted by atomic mass is 10.2. The van der Waals surface area contributed by atoms with Gasteiger partial charge in [-0.1, -0.05) is 0 Å². The molecular formula is C18H23N5O2. The summed E-state index contributed by atoms with van der Waals surface area (Å²) >= 11 is 0. The number of aryl methyl sites for hydroxylation is 3. The van der Waals surface area contributed by atoms with Gasteiger partial charge >= 0.3 is 0 Å². The highest BCUT2D eigenvalue weighted by Gasteiger charge is 2.13. The van der Waals surface area contributed by atoms with E-state index in [0.717, 1.165) is 29.2 Å². The summed E-state index contributed by atoms with van der Waals surface area (Å²) in [6.45, 7) is 9.73. The number of amides is 1. The Balaban J connectivity index is 1.62. The molecule has 3 rings (SSSR count). The Kier molecular flexibility index (Phi) is 4.74. The van der Waals surface area contributed by atoms with Crippen molar-refractivity contribution in [2.24, 2.45) is 0 Å². The van der Waals surface area contributed by atoms with Crippen molar-refractivity contribution in [3.8, 4) is 0 Å². The topological polar surface area (TPSA) is 77.9 Å². The third-order valence-electron chi connectivity index (χ3n) is 4.24. The van der Waals surface area contributed by atoms with Gasteiger partial charge in [0.1, 0.15) is 5.76 Å². The highest BCUT2D eigenvalue weighted by atomic mass is 16.4. The number of carbonyl (C=O) groups excluding carboxylic acids is 1. The molecule has 0 radical (unpaired) electrons. The van der Waals surface area contributed by atoms with Crippen molar-refractivity contribution in [1.82, 2.24) is 24.9 Å². The lowest BCUT2D eigenvalue weighted by Gasteiger charge is -2.04. The molecule has 1 N–H and O–H groups in total. The molecule has 7 heteroatoms. The molecule has 0 saturated heterocycles. The zero-order valence-electron chi connectivity index (χ0n) is 15.0. The molecule has 3 aromatic rings. The van der Waals surface area contributed by atoms with Gasteiger partial charge in [0.05, 0.1) is 18.4 Å². The van der Waals surface area contributed by atoms with Crippen molar-refractivity contribution in [3.63, 3.8) is 0 Å². The van der Waals surface area contributed by atoms with Gasteiger partial charge in [-0.25, -0.2) is 0 Å². The van der Waals surface area contributed by atoms with Gasteiger partial charge < -0.3 is 9.73 Å². The molecule has 25 heavy (non-hydrogen) atoms. The van der Waals surface area contributed by atoms with E-state index in [1.165, 1.54) is 0 Å². The molecule has 0 aliphatic heterocycles. The fourth-order valence-corrected chi connectivity index (χ4v) is 2.81. The maximum atomic E-state index is 12.3. The van der Waals surface area contributed by atoms with E-state index < -0.39 is 0 Å². The van der Waals surface area contributed by atoms with Crippen LogP contribution in [0, 0.1) is 20.8 Å². The van der Waals surface area contributed by atoms with Crippen LogP contribution >= 0.6 is 0 Å². The molecule has 0 bridgehead atoms. The van der Waals surface area contributed by atoms with Crippen LogP contribution in [0.2, 0.25) is 0 Å². The number of aromatic nitrogens is 4. The number of hydrogen-bond donors (Lipinski definition) is 1. The van der Waals surface area contributed by atoms with Crippen LogP contribution in [-0.4, -0.2) is 25.5 Å². The van der Waals surface area contributed by atoms with Gasteiger partial charge in [0.25, 0.3) is 5.91 Å². The number of furan rings is 1. The number of rotatable bonds is 6. The third kappa shape index (κ3) is 3.65. The summed E-state index contributed by atoms with van der Waals surface area (Å²) in [7, 11) is 0. The molecule has 0 aromatic carbocycles. The summed E-state index contributed by atoms with van der Waals surface area (Å²) in [4.78, 5) is 12.3. The third-order valence-corrected chi connectivity index (χ3v) is 4.24. The summed E-state index contributed by atoms with van der Waals surface area (Å²) < 4.78 is 9.43. The first-order valence-corrected chi connectivity index (χ1v) is 8.37. The fraction of sp³-hybridized carbons (Fsp3) is 0.389. The summed E-state index contributed by atoms with van der Waals surface area (Å²) in [5.74, 6) is 0.770. The maximum Gasteiger partial charge on any atom is 0.287 e. The lowest BCUT2D eigenvalue weighted by molar-refractivity contribution is 0.0921. The maximum absolute atomic E-state index is 12.3. The Morgan fingerprint density at radius 1 is 1.24 bits per heavy atom. The van der Waals surface area contributed by atoms with Crippen LogP contribution in [-0.2, 0) is 19.6 Å². The minimum absolute atomic E-state index is 0.233. The molecule has 0 aliphatic rings. The van der Waals surface area contributed by atoms with E-state index in [9.17, 15) is 4.79 Å². The molecule has 0 atom stereocenters. The Labute approximate surface area is 146 Å². The minimum atomic E-state index is -0.233. The quantitative estimate of drug-likeness (QED) is 0.747. The normalized spacial score (nSPS) is 11.0. The standard InChI is InChI=1S/C18H23N5O2/c1-5-22-14(4)15(10-20-22)9-19-18(24)17-7-6-16(25-17)11-23-13(3)8-12(2)21-23/h6-8,10H,5,9,11H2,1-4H3,(H,19,24). The van der Waals surface area contributed by atoms with Crippen LogP contribution in [0.3, 0.4) is 0 Å². The predicted octanol–water partition coefficient (Wildman–Crippen LogP) is 2.60. The first-order chi connectivity index (χ1) is 12.0. The Hall–Kier alpha value is -2.83. The van der Waals surface area contributed by atoms with Crippen molar-refractivity contribution in [2.45, 2.75) is 47.3 Å². The van der Waals surface area contributed by atoms with E-state index in [2.05, 4.69) is 15.5 Å². The van der Waals surface area contributed by atoms with Crippen LogP contribution in [0.5, 0.6) is 0 Å². The van der Waals surface area contributed by atoms with Gasteiger partial charge in [0.15, 0.2) is 5.76 Å². The van der Waals surface area contributed by atoms with Crippen molar-refractivity contribution >= 4 is 5.91 Å². The number of nitrogens with zero attached hydrogens (tertiary/aromatic N) is 4. The van der Waals surface area contributed by atoms with Gasteiger partial charge in [-0.2, -0.15) is 10.2 Å². The molecule has 3 aromatic heterocycles. The summed E-state index contributed by atoms with van der Waals surface area (Å²) in [6, 6.07) is 5.51. The van der Waals surface area contributed by atoms with Crippen molar-refractivity contribution < 1.29 is 9.21 Å². The van der Waals surface area contributed by atoms with Gasteiger partial charge in [0.2, 0.25) is 0 Å². The second-order valence-corrected chi connectivity index (χ2v) is 6.10. The molecule has 0 saturated carbocycles. The number of carbonyl (C=O) groups is 1. The molecule has 0 unspecified atom stereocenters. The zero-order valence-corrected chi connectivity index (χ0v) is 15.0. The Bertz CT molecular complexity index is 887. The van der Waals surface area contributed by atoms with Crippen LogP contribution in [0.15, 0.2) is 28.8 Å². The second kappa shape index (κ2) is 6.96. The molecule has 7 nitrogen and oxygen atoms in total. The highest BCUT2D eigenvalue weighted by Crippen LogP contribution is 2.12. The van der Waals surface area contributed by atoms with Crippen molar-refractivity contribution in [2.75, 3.05) is 0 Å². The largest absolute Gasteiger partial charge is 0.454 e. The monoisotopic (exact) mass is 341 g/mol. The fourth-order valence-electron chi connectivity index (χ4n) is 2.81. The van der Waals surface area contributed by atoms with E-state index in [4.69, 9.17) is 4.42 Å². The molecule has 0 aliphatic carbocycles. The Morgan fingerprint density at radius 2 is 2.04 bits per heavy atom. The van der Waals surface area contributed by atoms with E-state index in [1.807, 2.05) is 49.2 Å². The van der Waals surface area contributed by atoms with E-state index in [-0.39, 0.29) is 5.91 Å². The van der Waals surface area contributed by atoms with Gasteiger partial charge in [-0.3, -0.25) is 14.2 Å². The first-order valence-electron chi connectivity index (χ1n) is 8.37. The number of hydrogen-bond acceptors (Lipinski definition) is 4. The summed E-state index contributed by atoms with van der Waals surface area (Å²) in [5.41, 5.74) is 4.09. The SMILES string of the molecule is CCn1ncc(CNC(=O)c2ccc(Cn3nc(C)cc3C)o2)c1C. The summed E-state index contributed by atoms with van der Waals surface area (Å²) in [6.07, 6.45) is 1.79. The number of nitrogens with one attached hydrogen (secondary N) is 1. The van der Waals surface area contributed by atoms with Crippen molar-refractivity contribution in [3.05, 3.63) is 58.6 Å². The van der Waals surface area contributed by atoms with Crippen LogP contribution in [0.4, 0.5) is 0 Å². The average Bonchev–Trinajstić information content (AvgIpc) is 3.26. The first kappa shape index (κ1) is 17.0. The van der Waals surface area contributed by atoms with Gasteiger partial charge in [0, 0.05) is 30.0 Å². The van der Waals surface area contributed by atoms with E-state index in [0.29, 0.717) is 24.6 Å². The predicted molar refractivity (Wildman–Crippen MR) is 93.3 cm³/mol. The average molecular weight is 341 g/mol. The van der Waals surface area contributed by atoms with Crippen LogP contribution < -0.4 is 5.32 Å². The van der Waals surface area contributed by atoms with Crippen LogP contribution in [0.25, 0.3) is 0 Å². The highest BCUT2D eigenvalue weighted by molar-refractivity contribution is 5.91. The van der Waals surface area contributed by atoms with E-state index >= 15 is 0 Å². The van der Waals surface area contributed by atoms with E-state index in [1.54, 1.807) is 12.3 Å². The van der Waals surface area contributed by atoms with Crippen molar-refractivity contribution in [1.29, 1.82) is 0 Å². The van der Waals surface area contributed by atoms with Gasteiger partial charge in [-0.15, -0.1) is 0 Å². The Morgan fingerprint density at radius 3 is 2.68 bits per heavy atom. The molecule has 0 spiro atoms. The minimum Gasteiger partial charge on any atom is -0.454 e. The van der Waals surface area contributed by atoms with Crippen LogP contribution in [0.1, 0.15) is 45.9 Å². The summed E-state index contributed by atoms with van der Waals surface area (Å²) in [5, 5.41) is 11.6. The second-order valence-electron chi connectivity index (χ2n) is 6.10. The molecule has 1 amide bonds. The van der Waals surface area contributed by atoms with Gasteiger partial charge in [-0.05, 0) is 45.9 Å². The molecule has 3 heterocycles. The lowest BCUT2D eigenvalue weighted by Crippen LogP contribution is -2.22.